The molecule has 0 aliphatic heterocycles. The van der Waals surface area contributed by atoms with Crippen molar-refractivity contribution in [2.24, 2.45) is 0 Å². The van der Waals surface area contributed by atoms with Gasteiger partial charge in [-0.2, -0.15) is 0 Å². The van der Waals surface area contributed by atoms with Crippen molar-refractivity contribution in [1.82, 2.24) is 10.3 Å². The molecule has 0 bridgehead atoms. The molecule has 1 heterocycles. The fraction of sp³-hybridized carbons (Fsp3) is 0.222. The zero-order valence-electron chi connectivity index (χ0n) is 25.0. The Morgan fingerprint density at radius 1 is 0.814 bits per heavy atom. The van der Waals surface area contributed by atoms with Crippen LogP contribution in [0.2, 0.25) is 0 Å². The molecule has 0 radical (unpaired) electrons. The van der Waals surface area contributed by atoms with E-state index >= 15 is 0 Å². The molecule has 0 aliphatic carbocycles. The van der Waals surface area contributed by atoms with E-state index in [0.29, 0.717) is 36.8 Å². The highest BCUT2D eigenvalue weighted by Gasteiger charge is 2.24. The standard InChI is InChI=1S/C36H37N3O4/c1-25(2)30-19-31(34-35(43-24-38-34)36(40)37-21-26-15-17-29(18-16-26)39(3)4)33(42-23-28-13-9-6-10-14-28)20-32(30)41-22-27-11-7-5-8-12-27/h5-20,24-25H,21-23H2,1-4H3,(H,37,40). The molecule has 0 fully saturated rings. The maximum Gasteiger partial charge on any atom is 0.289 e. The van der Waals surface area contributed by atoms with Crippen LogP contribution in [0, 0.1) is 0 Å². The van der Waals surface area contributed by atoms with E-state index < -0.39 is 0 Å². The average molecular weight is 576 g/mol. The van der Waals surface area contributed by atoms with Crippen LogP contribution in [-0.4, -0.2) is 25.0 Å². The lowest BCUT2D eigenvalue weighted by molar-refractivity contribution is 0.0924. The third kappa shape index (κ3) is 7.43. The first-order chi connectivity index (χ1) is 20.9. The van der Waals surface area contributed by atoms with Crippen molar-refractivity contribution in [3.05, 3.63) is 131 Å². The van der Waals surface area contributed by atoms with E-state index in [4.69, 9.17) is 13.9 Å². The number of hydrogen-bond acceptors (Lipinski definition) is 6. The second-order valence-electron chi connectivity index (χ2n) is 10.9. The third-order valence-corrected chi connectivity index (χ3v) is 7.14. The molecule has 0 saturated carbocycles. The number of carbonyl (C=O) groups is 1. The molecule has 0 spiro atoms. The molecular formula is C36H37N3O4. The van der Waals surface area contributed by atoms with Crippen molar-refractivity contribution >= 4 is 11.6 Å². The molecule has 0 unspecified atom stereocenters. The summed E-state index contributed by atoms with van der Waals surface area (Å²) in [7, 11) is 3.99. The summed E-state index contributed by atoms with van der Waals surface area (Å²) in [6.45, 7) is 5.34. The number of anilines is 1. The summed E-state index contributed by atoms with van der Waals surface area (Å²) in [6.07, 6.45) is 1.30. The second-order valence-corrected chi connectivity index (χ2v) is 10.9. The first kappa shape index (κ1) is 29.5. The van der Waals surface area contributed by atoms with Crippen LogP contribution in [0.15, 0.2) is 108 Å². The summed E-state index contributed by atoms with van der Waals surface area (Å²) in [6, 6.07) is 31.9. The molecule has 1 aromatic heterocycles. The Hall–Kier alpha value is -5.04. The molecule has 0 atom stereocenters. The molecule has 1 N–H and O–H groups in total. The first-order valence-electron chi connectivity index (χ1n) is 14.4. The van der Waals surface area contributed by atoms with Crippen molar-refractivity contribution in [2.75, 3.05) is 19.0 Å². The lowest BCUT2D eigenvalue weighted by Crippen LogP contribution is -2.23. The Labute approximate surface area is 253 Å². The van der Waals surface area contributed by atoms with E-state index in [9.17, 15) is 4.79 Å². The Balaban J connectivity index is 1.45. The summed E-state index contributed by atoms with van der Waals surface area (Å²) in [5, 5.41) is 2.97. The molecule has 0 saturated heterocycles. The van der Waals surface area contributed by atoms with Crippen molar-refractivity contribution in [3.8, 4) is 22.8 Å². The van der Waals surface area contributed by atoms with Crippen LogP contribution in [0.25, 0.3) is 11.3 Å². The molecule has 0 aliphatic rings. The average Bonchev–Trinajstić information content (AvgIpc) is 3.52. The highest BCUT2D eigenvalue weighted by Crippen LogP contribution is 2.40. The van der Waals surface area contributed by atoms with Crippen molar-refractivity contribution in [2.45, 2.75) is 39.5 Å². The SMILES string of the molecule is CC(C)c1cc(-c2ncoc2C(=O)NCc2ccc(N(C)C)cc2)c(OCc2ccccc2)cc1OCc1ccccc1. The van der Waals surface area contributed by atoms with Crippen LogP contribution in [0.3, 0.4) is 0 Å². The fourth-order valence-electron chi connectivity index (χ4n) is 4.70. The number of benzene rings is 4. The summed E-state index contributed by atoms with van der Waals surface area (Å²) < 4.78 is 18.4. The number of amides is 1. The lowest BCUT2D eigenvalue weighted by Gasteiger charge is -2.19. The number of rotatable bonds is 12. The number of carbonyl (C=O) groups excluding carboxylic acids is 1. The topological polar surface area (TPSA) is 76.8 Å². The lowest BCUT2D eigenvalue weighted by atomic mass is 9.96. The maximum absolute atomic E-state index is 13.4. The van der Waals surface area contributed by atoms with Gasteiger partial charge in [0.05, 0.1) is 0 Å². The number of hydrogen-bond donors (Lipinski definition) is 1. The Morgan fingerprint density at radius 3 is 2.00 bits per heavy atom. The Kier molecular flexibility index (Phi) is 9.42. The number of nitrogens with one attached hydrogen (secondary N) is 1. The van der Waals surface area contributed by atoms with E-state index in [1.165, 1.54) is 6.39 Å². The zero-order valence-corrected chi connectivity index (χ0v) is 25.0. The van der Waals surface area contributed by atoms with Crippen LogP contribution in [0.4, 0.5) is 5.69 Å². The van der Waals surface area contributed by atoms with Gasteiger partial charge in [-0.25, -0.2) is 4.98 Å². The van der Waals surface area contributed by atoms with Gasteiger partial charge in [-0.15, -0.1) is 0 Å². The molecule has 5 aromatic rings. The van der Waals surface area contributed by atoms with Gasteiger partial charge in [0.15, 0.2) is 6.39 Å². The molecular weight excluding hydrogens is 538 g/mol. The van der Waals surface area contributed by atoms with Gasteiger partial charge in [0.2, 0.25) is 5.76 Å². The summed E-state index contributed by atoms with van der Waals surface area (Å²) in [5.74, 6) is 1.19. The van der Waals surface area contributed by atoms with Gasteiger partial charge in [-0.1, -0.05) is 86.6 Å². The van der Waals surface area contributed by atoms with E-state index in [1.807, 2.05) is 116 Å². The number of aromatic nitrogens is 1. The highest BCUT2D eigenvalue weighted by molar-refractivity contribution is 5.98. The minimum absolute atomic E-state index is 0.127. The fourth-order valence-corrected chi connectivity index (χ4v) is 4.70. The number of nitrogens with zero attached hydrogens (tertiary/aromatic N) is 2. The quantitative estimate of drug-likeness (QED) is 0.165. The van der Waals surface area contributed by atoms with Crippen LogP contribution >= 0.6 is 0 Å². The predicted octanol–water partition coefficient (Wildman–Crippen LogP) is 7.62. The van der Waals surface area contributed by atoms with E-state index in [0.717, 1.165) is 33.7 Å². The van der Waals surface area contributed by atoms with Gasteiger partial charge < -0.3 is 24.1 Å². The molecule has 7 nitrogen and oxygen atoms in total. The van der Waals surface area contributed by atoms with Crippen LogP contribution in [0.5, 0.6) is 11.5 Å². The maximum atomic E-state index is 13.4. The van der Waals surface area contributed by atoms with Crippen molar-refractivity contribution in [1.29, 1.82) is 0 Å². The van der Waals surface area contributed by atoms with E-state index in [2.05, 4.69) is 24.1 Å². The Bertz CT molecular complexity index is 1630. The second kappa shape index (κ2) is 13.7. The van der Waals surface area contributed by atoms with Crippen molar-refractivity contribution < 1.29 is 18.7 Å². The number of ether oxygens (including phenoxy) is 2. The van der Waals surface area contributed by atoms with Gasteiger partial charge in [0, 0.05) is 38.0 Å². The smallest absolute Gasteiger partial charge is 0.289 e. The van der Waals surface area contributed by atoms with Crippen LogP contribution < -0.4 is 19.7 Å². The summed E-state index contributed by atoms with van der Waals surface area (Å²) in [4.78, 5) is 19.9. The van der Waals surface area contributed by atoms with Crippen LogP contribution in [-0.2, 0) is 19.8 Å². The number of oxazole rings is 1. The van der Waals surface area contributed by atoms with Gasteiger partial charge in [0.1, 0.15) is 30.4 Å². The van der Waals surface area contributed by atoms with Crippen molar-refractivity contribution in [3.63, 3.8) is 0 Å². The summed E-state index contributed by atoms with van der Waals surface area (Å²) >= 11 is 0. The normalized spacial score (nSPS) is 10.9. The molecule has 4 aromatic carbocycles. The minimum Gasteiger partial charge on any atom is -0.488 e. The predicted molar refractivity (Wildman–Crippen MR) is 170 cm³/mol. The minimum atomic E-state index is -0.353. The summed E-state index contributed by atoms with van der Waals surface area (Å²) in [5.41, 5.74) is 6.22. The molecule has 1 amide bonds. The molecule has 5 rings (SSSR count). The highest BCUT2D eigenvalue weighted by atomic mass is 16.5. The van der Waals surface area contributed by atoms with Gasteiger partial charge >= 0.3 is 0 Å². The third-order valence-electron chi connectivity index (χ3n) is 7.14. The van der Waals surface area contributed by atoms with Gasteiger partial charge in [-0.05, 0) is 46.4 Å². The monoisotopic (exact) mass is 575 g/mol. The molecule has 43 heavy (non-hydrogen) atoms. The van der Waals surface area contributed by atoms with E-state index in [-0.39, 0.29) is 17.6 Å². The largest absolute Gasteiger partial charge is 0.488 e. The molecule has 7 heteroatoms. The first-order valence-corrected chi connectivity index (χ1v) is 14.4. The molecule has 220 valence electrons. The Morgan fingerprint density at radius 2 is 1.42 bits per heavy atom. The van der Waals surface area contributed by atoms with Crippen LogP contribution in [0.1, 0.15) is 52.6 Å². The van der Waals surface area contributed by atoms with Gasteiger partial charge in [-0.3, -0.25) is 4.79 Å². The zero-order chi connectivity index (χ0) is 30.2. The van der Waals surface area contributed by atoms with E-state index in [1.54, 1.807) is 0 Å². The van der Waals surface area contributed by atoms with Gasteiger partial charge in [0.25, 0.3) is 5.91 Å².